The second-order valence-corrected chi connectivity index (χ2v) is 4.44. The van der Waals surface area contributed by atoms with E-state index in [1.165, 1.54) is 0 Å². The van der Waals surface area contributed by atoms with Gasteiger partial charge in [0, 0.05) is 5.56 Å². The Morgan fingerprint density at radius 3 is 2.53 bits per heavy atom. The van der Waals surface area contributed by atoms with E-state index in [2.05, 4.69) is 0 Å². The number of hydrogen-bond donors (Lipinski definition) is 1. The van der Waals surface area contributed by atoms with Crippen molar-refractivity contribution >= 4 is 17.4 Å². The maximum absolute atomic E-state index is 11.8. The molecule has 0 aliphatic heterocycles. The summed E-state index contributed by atoms with van der Waals surface area (Å²) in [5, 5.41) is 10.0. The zero-order valence-corrected chi connectivity index (χ0v) is 9.88. The summed E-state index contributed by atoms with van der Waals surface area (Å²) in [6.45, 7) is 5.48. The van der Waals surface area contributed by atoms with E-state index in [9.17, 15) is 9.90 Å². The number of aliphatic hydroxyl groups is 1. The molecule has 82 valence electrons. The summed E-state index contributed by atoms with van der Waals surface area (Å²) in [6.07, 6.45) is -0.982. The number of halogens is 1. The Morgan fingerprint density at radius 1 is 1.40 bits per heavy atom. The van der Waals surface area contributed by atoms with Crippen molar-refractivity contribution in [2.45, 2.75) is 26.9 Å². The van der Waals surface area contributed by atoms with Gasteiger partial charge in [-0.3, -0.25) is 4.79 Å². The molecule has 0 aliphatic rings. The van der Waals surface area contributed by atoms with Crippen molar-refractivity contribution in [3.05, 3.63) is 34.3 Å². The maximum Gasteiger partial charge on any atom is 0.193 e. The molecule has 0 saturated carbocycles. The molecular weight excluding hydrogens is 212 g/mol. The van der Waals surface area contributed by atoms with Crippen LogP contribution in [0.5, 0.6) is 0 Å². The molecule has 1 aromatic rings. The minimum absolute atomic E-state index is 0.103. The Bertz CT molecular complexity index is 372. The normalized spacial score (nSPS) is 12.9. The molecule has 1 rings (SSSR count). The minimum atomic E-state index is -0.982. The molecule has 15 heavy (non-hydrogen) atoms. The molecule has 0 spiro atoms. The first-order valence-corrected chi connectivity index (χ1v) is 5.29. The highest BCUT2D eigenvalue weighted by Crippen LogP contribution is 2.20. The third kappa shape index (κ3) is 2.80. The van der Waals surface area contributed by atoms with E-state index >= 15 is 0 Å². The van der Waals surface area contributed by atoms with E-state index in [4.69, 9.17) is 11.6 Å². The van der Waals surface area contributed by atoms with Crippen LogP contribution in [0.25, 0.3) is 0 Å². The summed E-state index contributed by atoms with van der Waals surface area (Å²) in [5.74, 6) is -0.409. The van der Waals surface area contributed by atoms with Crippen LogP contribution in [0.3, 0.4) is 0 Å². The fourth-order valence-corrected chi connectivity index (χ4v) is 1.50. The average molecular weight is 227 g/mol. The molecule has 1 unspecified atom stereocenters. The van der Waals surface area contributed by atoms with Crippen LogP contribution in [0.1, 0.15) is 29.8 Å². The molecule has 0 heterocycles. The predicted molar refractivity (Wildman–Crippen MR) is 61.4 cm³/mol. The van der Waals surface area contributed by atoms with Gasteiger partial charge < -0.3 is 5.11 Å². The van der Waals surface area contributed by atoms with Gasteiger partial charge in [0.05, 0.1) is 5.02 Å². The van der Waals surface area contributed by atoms with Crippen LogP contribution >= 0.6 is 11.6 Å². The first kappa shape index (κ1) is 12.2. The van der Waals surface area contributed by atoms with Crippen LogP contribution in [0, 0.1) is 12.8 Å². The lowest BCUT2D eigenvalue weighted by Gasteiger charge is -2.14. The highest BCUT2D eigenvalue weighted by Gasteiger charge is 2.22. The van der Waals surface area contributed by atoms with Gasteiger partial charge in [0.15, 0.2) is 5.78 Å². The quantitative estimate of drug-likeness (QED) is 0.805. The molecule has 3 heteroatoms. The number of benzene rings is 1. The summed E-state index contributed by atoms with van der Waals surface area (Å²) < 4.78 is 0. The molecule has 0 aliphatic carbocycles. The lowest BCUT2D eigenvalue weighted by Crippen LogP contribution is -2.26. The van der Waals surface area contributed by atoms with Crippen molar-refractivity contribution in [1.82, 2.24) is 0 Å². The number of carbonyl (C=O) groups is 1. The second kappa shape index (κ2) is 4.77. The summed E-state index contributed by atoms with van der Waals surface area (Å²) >= 11 is 5.91. The van der Waals surface area contributed by atoms with Crippen LogP contribution in [0.2, 0.25) is 5.02 Å². The molecule has 0 fully saturated rings. The average Bonchev–Trinajstić information content (AvgIpc) is 2.19. The van der Waals surface area contributed by atoms with E-state index < -0.39 is 6.10 Å². The fourth-order valence-electron chi connectivity index (χ4n) is 1.29. The van der Waals surface area contributed by atoms with E-state index in [0.29, 0.717) is 10.6 Å². The lowest BCUT2D eigenvalue weighted by molar-refractivity contribution is 0.0648. The minimum Gasteiger partial charge on any atom is -0.385 e. The summed E-state index contributed by atoms with van der Waals surface area (Å²) in [4.78, 5) is 11.8. The van der Waals surface area contributed by atoms with Crippen molar-refractivity contribution in [3.8, 4) is 0 Å². The lowest BCUT2D eigenvalue weighted by atomic mass is 9.97. The first-order valence-electron chi connectivity index (χ1n) is 4.92. The van der Waals surface area contributed by atoms with Crippen LogP contribution in [-0.4, -0.2) is 17.0 Å². The highest BCUT2D eigenvalue weighted by molar-refractivity contribution is 6.34. The number of rotatable bonds is 3. The van der Waals surface area contributed by atoms with Crippen molar-refractivity contribution in [3.63, 3.8) is 0 Å². The number of carbonyl (C=O) groups excluding carboxylic acids is 1. The molecule has 0 bridgehead atoms. The van der Waals surface area contributed by atoms with Gasteiger partial charge in [0.25, 0.3) is 0 Å². The molecule has 1 N–H and O–H groups in total. The number of Topliss-reactive ketones (excluding diaryl/α,β-unsaturated/α-hetero) is 1. The first-order chi connectivity index (χ1) is 6.93. The van der Waals surface area contributed by atoms with Crippen molar-refractivity contribution in [1.29, 1.82) is 0 Å². The summed E-state index contributed by atoms with van der Waals surface area (Å²) in [5.41, 5.74) is 1.36. The van der Waals surface area contributed by atoms with Crippen molar-refractivity contribution in [2.24, 2.45) is 5.92 Å². The Balaban J connectivity index is 3.05. The van der Waals surface area contributed by atoms with Gasteiger partial charge in [-0.1, -0.05) is 37.1 Å². The summed E-state index contributed by atoms with van der Waals surface area (Å²) in [7, 11) is 0. The predicted octanol–water partition coefficient (Wildman–Crippen LogP) is 2.85. The Kier molecular flexibility index (Phi) is 3.89. The number of hydrogen-bond acceptors (Lipinski definition) is 2. The van der Waals surface area contributed by atoms with Gasteiger partial charge in [-0.2, -0.15) is 0 Å². The molecule has 0 saturated heterocycles. The van der Waals surface area contributed by atoms with Gasteiger partial charge in [-0.15, -0.1) is 0 Å². The Labute approximate surface area is 94.9 Å². The Morgan fingerprint density at radius 2 is 2.00 bits per heavy atom. The smallest absolute Gasteiger partial charge is 0.193 e. The van der Waals surface area contributed by atoms with Gasteiger partial charge in [0.1, 0.15) is 6.10 Å². The zero-order valence-electron chi connectivity index (χ0n) is 9.12. The van der Waals surface area contributed by atoms with Crippen LogP contribution in [0.15, 0.2) is 18.2 Å². The van der Waals surface area contributed by atoms with Gasteiger partial charge >= 0.3 is 0 Å². The number of ketones is 1. The van der Waals surface area contributed by atoms with Crippen molar-refractivity contribution < 1.29 is 9.90 Å². The van der Waals surface area contributed by atoms with E-state index in [1.54, 1.807) is 26.0 Å². The third-order valence-corrected chi connectivity index (χ3v) is 2.62. The maximum atomic E-state index is 11.8. The topological polar surface area (TPSA) is 37.3 Å². The van der Waals surface area contributed by atoms with Crippen LogP contribution in [-0.2, 0) is 0 Å². The van der Waals surface area contributed by atoms with Crippen LogP contribution in [0.4, 0.5) is 0 Å². The van der Waals surface area contributed by atoms with E-state index in [0.717, 1.165) is 5.56 Å². The van der Waals surface area contributed by atoms with Gasteiger partial charge in [-0.05, 0) is 25.0 Å². The van der Waals surface area contributed by atoms with Crippen molar-refractivity contribution in [2.75, 3.05) is 0 Å². The molecule has 0 radical (unpaired) electrons. The highest BCUT2D eigenvalue weighted by atomic mass is 35.5. The number of aryl methyl sites for hydroxylation is 1. The fraction of sp³-hybridized carbons (Fsp3) is 0.417. The summed E-state index contributed by atoms with van der Waals surface area (Å²) in [6, 6.07) is 5.22. The van der Waals surface area contributed by atoms with Gasteiger partial charge in [-0.25, -0.2) is 0 Å². The Hall–Kier alpha value is -0.860. The van der Waals surface area contributed by atoms with E-state index in [1.807, 2.05) is 13.0 Å². The third-order valence-electron chi connectivity index (χ3n) is 2.29. The number of aliphatic hydroxyl groups excluding tert-OH is 1. The molecule has 0 aromatic heterocycles. The molecule has 1 aromatic carbocycles. The monoisotopic (exact) mass is 226 g/mol. The largest absolute Gasteiger partial charge is 0.385 e. The second-order valence-electron chi connectivity index (χ2n) is 4.04. The van der Waals surface area contributed by atoms with Gasteiger partial charge in [0.2, 0.25) is 0 Å². The molecule has 1 atom stereocenters. The van der Waals surface area contributed by atoms with E-state index in [-0.39, 0.29) is 11.7 Å². The molecule has 0 amide bonds. The zero-order chi connectivity index (χ0) is 11.6. The van der Waals surface area contributed by atoms with Crippen LogP contribution < -0.4 is 0 Å². The SMILES string of the molecule is Cc1ccc(Cl)c(C(=O)C(O)C(C)C)c1. The standard InChI is InChI=1S/C12H15ClO2/c1-7(2)11(14)12(15)9-6-8(3)4-5-10(9)13/h4-7,11,14H,1-3H3. The molecular formula is C12H15ClO2. The molecule has 2 nitrogen and oxygen atoms in total.